The van der Waals surface area contributed by atoms with E-state index in [4.69, 9.17) is 5.11 Å². The van der Waals surface area contributed by atoms with Gasteiger partial charge in [-0.05, 0) is 45.4 Å². The molecule has 0 amide bonds. The average molecular weight is 261 g/mol. The number of nitrogens with zero attached hydrogens (tertiary/aromatic N) is 1. The van der Waals surface area contributed by atoms with E-state index in [2.05, 4.69) is 4.99 Å². The third-order valence-electron chi connectivity index (χ3n) is 3.12. The number of sulfone groups is 1. The molecule has 1 rings (SSSR count). The SMILES string of the molecule is CC(O)S(=O)(=O)CCCCN=C1CCCCC1. The van der Waals surface area contributed by atoms with Crippen LogP contribution >= 0.6 is 0 Å². The summed E-state index contributed by atoms with van der Waals surface area (Å²) in [6, 6.07) is 0. The van der Waals surface area contributed by atoms with Crippen molar-refractivity contribution in [1.82, 2.24) is 0 Å². The van der Waals surface area contributed by atoms with Gasteiger partial charge in [0.1, 0.15) is 0 Å². The summed E-state index contributed by atoms with van der Waals surface area (Å²) in [5.41, 5.74) is 0.0572. The molecule has 0 aromatic rings. The molecule has 0 saturated heterocycles. The maximum Gasteiger partial charge on any atom is 0.176 e. The van der Waals surface area contributed by atoms with E-state index in [1.807, 2.05) is 0 Å². The number of hydrogen-bond donors (Lipinski definition) is 1. The highest BCUT2D eigenvalue weighted by atomic mass is 32.2. The fraction of sp³-hybridized carbons (Fsp3) is 0.917. The first kappa shape index (κ1) is 14.6. The van der Waals surface area contributed by atoms with Crippen LogP contribution in [0.2, 0.25) is 0 Å². The third-order valence-corrected chi connectivity index (χ3v) is 5.02. The van der Waals surface area contributed by atoms with Gasteiger partial charge in [0, 0.05) is 12.3 Å². The highest BCUT2D eigenvalue weighted by molar-refractivity contribution is 7.91. The summed E-state index contributed by atoms with van der Waals surface area (Å²) in [5, 5.41) is 9.03. The van der Waals surface area contributed by atoms with Crippen molar-refractivity contribution in [2.24, 2.45) is 4.99 Å². The predicted octanol–water partition coefficient (Wildman–Crippen LogP) is 1.92. The fourth-order valence-corrected chi connectivity index (χ4v) is 2.89. The van der Waals surface area contributed by atoms with Crippen molar-refractivity contribution < 1.29 is 13.5 Å². The monoisotopic (exact) mass is 261 g/mol. The van der Waals surface area contributed by atoms with Crippen LogP contribution in [0.3, 0.4) is 0 Å². The normalized spacial score (nSPS) is 19.1. The molecule has 0 bridgehead atoms. The van der Waals surface area contributed by atoms with Gasteiger partial charge in [-0.1, -0.05) is 6.42 Å². The van der Waals surface area contributed by atoms with Gasteiger partial charge in [0.25, 0.3) is 0 Å². The number of aliphatic hydroxyl groups is 1. The molecule has 17 heavy (non-hydrogen) atoms. The summed E-state index contributed by atoms with van der Waals surface area (Å²) in [6.07, 6.45) is 7.41. The second-order valence-corrected chi connectivity index (χ2v) is 7.10. The van der Waals surface area contributed by atoms with Crippen molar-refractivity contribution >= 4 is 15.5 Å². The highest BCUT2D eigenvalue weighted by Gasteiger charge is 2.16. The summed E-state index contributed by atoms with van der Waals surface area (Å²) >= 11 is 0. The smallest absolute Gasteiger partial charge is 0.176 e. The van der Waals surface area contributed by atoms with Crippen LogP contribution in [0.25, 0.3) is 0 Å². The van der Waals surface area contributed by atoms with Crippen molar-refractivity contribution in [3.8, 4) is 0 Å². The molecule has 0 spiro atoms. The molecule has 100 valence electrons. The Morgan fingerprint density at radius 1 is 1.24 bits per heavy atom. The lowest BCUT2D eigenvalue weighted by molar-refractivity contribution is 0.268. The fourth-order valence-electron chi connectivity index (χ4n) is 1.94. The van der Waals surface area contributed by atoms with Crippen molar-refractivity contribution in [2.75, 3.05) is 12.3 Å². The Morgan fingerprint density at radius 2 is 1.88 bits per heavy atom. The third kappa shape index (κ3) is 5.64. The van der Waals surface area contributed by atoms with E-state index in [-0.39, 0.29) is 5.75 Å². The Morgan fingerprint density at radius 3 is 2.47 bits per heavy atom. The van der Waals surface area contributed by atoms with Crippen molar-refractivity contribution in [3.05, 3.63) is 0 Å². The van der Waals surface area contributed by atoms with Crippen molar-refractivity contribution in [2.45, 2.75) is 57.3 Å². The van der Waals surface area contributed by atoms with Gasteiger partial charge in [-0.3, -0.25) is 4.99 Å². The minimum atomic E-state index is -3.30. The number of unbranched alkanes of at least 4 members (excludes halogenated alkanes) is 1. The van der Waals surface area contributed by atoms with E-state index in [0.29, 0.717) is 6.42 Å². The Kier molecular flexibility index (Phi) is 6.12. The number of aliphatic hydroxyl groups excluding tert-OH is 1. The maximum atomic E-state index is 11.3. The minimum absolute atomic E-state index is 0.0650. The van der Waals surface area contributed by atoms with Crippen LogP contribution in [0.1, 0.15) is 51.9 Å². The van der Waals surface area contributed by atoms with E-state index in [1.54, 1.807) is 0 Å². The largest absolute Gasteiger partial charge is 0.377 e. The van der Waals surface area contributed by atoms with Crippen LogP contribution in [-0.2, 0) is 9.84 Å². The number of rotatable bonds is 6. The zero-order valence-electron chi connectivity index (χ0n) is 10.6. The molecular weight excluding hydrogens is 238 g/mol. The lowest BCUT2D eigenvalue weighted by Crippen LogP contribution is -2.20. The molecule has 1 N–H and O–H groups in total. The molecule has 0 radical (unpaired) electrons. The van der Waals surface area contributed by atoms with Gasteiger partial charge in [0.15, 0.2) is 15.3 Å². The van der Waals surface area contributed by atoms with Crippen LogP contribution in [-0.4, -0.2) is 37.0 Å². The molecule has 4 nitrogen and oxygen atoms in total. The lowest BCUT2D eigenvalue weighted by atomic mass is 9.98. The Bertz CT molecular complexity index is 339. The van der Waals surface area contributed by atoms with Crippen LogP contribution in [0.15, 0.2) is 4.99 Å². The lowest BCUT2D eigenvalue weighted by Gasteiger charge is -2.12. The molecule has 1 saturated carbocycles. The van der Waals surface area contributed by atoms with E-state index < -0.39 is 15.3 Å². The summed E-state index contributed by atoms with van der Waals surface area (Å²) in [7, 11) is -3.30. The van der Waals surface area contributed by atoms with E-state index >= 15 is 0 Å². The second-order valence-electron chi connectivity index (χ2n) is 4.68. The molecule has 1 aliphatic carbocycles. The quantitative estimate of drug-likeness (QED) is 0.743. The molecule has 1 atom stereocenters. The molecular formula is C12H23NO3S. The van der Waals surface area contributed by atoms with E-state index in [1.165, 1.54) is 31.9 Å². The minimum Gasteiger partial charge on any atom is -0.377 e. The maximum absolute atomic E-state index is 11.3. The van der Waals surface area contributed by atoms with Crippen molar-refractivity contribution in [1.29, 1.82) is 0 Å². The standard InChI is InChI=1S/C12H23NO3S/c1-11(14)17(15,16)10-6-5-9-13-12-7-3-2-4-8-12/h11,14H,2-10H2,1H3. The molecule has 5 heteroatoms. The van der Waals surface area contributed by atoms with Crippen LogP contribution in [0.5, 0.6) is 0 Å². The molecule has 0 aromatic carbocycles. The average Bonchev–Trinajstić information content (AvgIpc) is 2.29. The zero-order valence-corrected chi connectivity index (χ0v) is 11.4. The second kappa shape index (κ2) is 7.11. The van der Waals surface area contributed by atoms with Gasteiger partial charge in [-0.25, -0.2) is 8.42 Å². The number of hydrogen-bond acceptors (Lipinski definition) is 4. The van der Waals surface area contributed by atoms with Crippen molar-refractivity contribution in [3.63, 3.8) is 0 Å². The van der Waals surface area contributed by atoms with Gasteiger partial charge >= 0.3 is 0 Å². The number of aliphatic imine (C=N–C) groups is 1. The van der Waals surface area contributed by atoms with Gasteiger partial charge in [0.05, 0.1) is 5.75 Å². The van der Waals surface area contributed by atoms with Gasteiger partial charge < -0.3 is 5.11 Å². The Labute approximate surface area is 104 Å². The van der Waals surface area contributed by atoms with E-state index in [9.17, 15) is 8.42 Å². The molecule has 0 heterocycles. The Hall–Kier alpha value is -0.420. The molecule has 1 aliphatic rings. The van der Waals surface area contributed by atoms with Gasteiger partial charge in [-0.2, -0.15) is 0 Å². The van der Waals surface area contributed by atoms with Gasteiger partial charge in [-0.15, -0.1) is 0 Å². The Balaban J connectivity index is 2.16. The zero-order chi connectivity index (χ0) is 12.7. The van der Waals surface area contributed by atoms with Crippen LogP contribution in [0, 0.1) is 0 Å². The predicted molar refractivity (Wildman–Crippen MR) is 70.1 cm³/mol. The summed E-state index contributed by atoms with van der Waals surface area (Å²) in [6.45, 7) is 2.03. The van der Waals surface area contributed by atoms with Crippen LogP contribution < -0.4 is 0 Å². The first-order chi connectivity index (χ1) is 8.02. The molecule has 0 aromatic heterocycles. The molecule has 0 aliphatic heterocycles. The summed E-state index contributed by atoms with van der Waals surface area (Å²) in [4.78, 5) is 4.51. The van der Waals surface area contributed by atoms with Crippen LogP contribution in [0.4, 0.5) is 0 Å². The topological polar surface area (TPSA) is 66.7 Å². The summed E-state index contributed by atoms with van der Waals surface area (Å²) < 4.78 is 22.6. The first-order valence-corrected chi connectivity index (χ1v) is 8.16. The molecule has 1 unspecified atom stereocenters. The van der Waals surface area contributed by atoms with E-state index in [0.717, 1.165) is 25.8 Å². The first-order valence-electron chi connectivity index (χ1n) is 6.44. The van der Waals surface area contributed by atoms with Gasteiger partial charge in [0.2, 0.25) is 0 Å². The highest BCUT2D eigenvalue weighted by Crippen LogP contribution is 2.15. The molecule has 1 fully saturated rings. The summed E-state index contributed by atoms with van der Waals surface area (Å²) in [5.74, 6) is 0.0650.